The summed E-state index contributed by atoms with van der Waals surface area (Å²) in [5.74, 6) is 1.06. The Morgan fingerprint density at radius 3 is 2.27 bits per heavy atom. The van der Waals surface area contributed by atoms with Gasteiger partial charge >= 0.3 is 5.69 Å². The normalized spacial score (nSPS) is 11.9. The van der Waals surface area contributed by atoms with E-state index in [0.717, 1.165) is 10.1 Å². The Bertz CT molecular complexity index is 1270. The summed E-state index contributed by atoms with van der Waals surface area (Å²) >= 11 is 5.98. The van der Waals surface area contributed by atoms with Crippen LogP contribution < -0.4 is 11.2 Å². The van der Waals surface area contributed by atoms with Gasteiger partial charge in [0.15, 0.2) is 17.0 Å². The van der Waals surface area contributed by atoms with Crippen molar-refractivity contribution in [3.8, 4) is 11.4 Å². The van der Waals surface area contributed by atoms with E-state index in [1.54, 1.807) is 23.6 Å². The van der Waals surface area contributed by atoms with Gasteiger partial charge in [0.25, 0.3) is 5.56 Å². The summed E-state index contributed by atoms with van der Waals surface area (Å²) in [6.45, 7) is 3.92. The van der Waals surface area contributed by atoms with Crippen molar-refractivity contribution >= 4 is 28.5 Å². The third-order valence-corrected chi connectivity index (χ3v) is 4.80. The van der Waals surface area contributed by atoms with Gasteiger partial charge in [0, 0.05) is 30.7 Å². The molecule has 0 spiro atoms. The largest absolute Gasteiger partial charge is 0.332 e. The zero-order valence-corrected chi connectivity index (χ0v) is 15.5. The van der Waals surface area contributed by atoms with Gasteiger partial charge in [0.1, 0.15) is 0 Å². The van der Waals surface area contributed by atoms with E-state index in [0.29, 0.717) is 27.8 Å². The van der Waals surface area contributed by atoms with E-state index < -0.39 is 5.69 Å². The first-order valence-corrected chi connectivity index (χ1v) is 8.51. The highest BCUT2D eigenvalue weighted by Gasteiger charge is 2.24. The number of hydrogen-bond donors (Lipinski definition) is 0. The van der Waals surface area contributed by atoms with Gasteiger partial charge in [0.2, 0.25) is 5.78 Å². The number of imidazole rings is 1. The summed E-state index contributed by atoms with van der Waals surface area (Å²) in [5, 5.41) is 9.20. The minimum absolute atomic E-state index is 0.0394. The molecule has 26 heavy (non-hydrogen) atoms. The highest BCUT2D eigenvalue weighted by molar-refractivity contribution is 6.30. The standard InChI is InChI=1S/C17H17ClN6O2/c1-9(2)23-12-14(21(3)17(26)22(4)15(12)25)24-13(19-20-16(23)24)10-5-7-11(18)8-6-10/h5-9H,1-4H3. The van der Waals surface area contributed by atoms with Crippen molar-refractivity contribution in [3.05, 3.63) is 50.1 Å². The number of nitrogens with zero attached hydrogens (tertiary/aromatic N) is 6. The molecule has 1 aromatic carbocycles. The molecule has 0 saturated heterocycles. The quantitative estimate of drug-likeness (QED) is 0.539. The zero-order valence-electron chi connectivity index (χ0n) is 14.8. The van der Waals surface area contributed by atoms with Crippen LogP contribution in [0.5, 0.6) is 0 Å². The molecule has 0 amide bonds. The highest BCUT2D eigenvalue weighted by atomic mass is 35.5. The van der Waals surface area contributed by atoms with E-state index in [1.165, 1.54) is 11.6 Å². The summed E-state index contributed by atoms with van der Waals surface area (Å²) in [4.78, 5) is 25.3. The maximum atomic E-state index is 12.8. The molecule has 4 aromatic rings. The number of benzene rings is 1. The van der Waals surface area contributed by atoms with Crippen LogP contribution in [0.25, 0.3) is 28.3 Å². The fourth-order valence-electron chi connectivity index (χ4n) is 3.28. The molecule has 0 bridgehead atoms. The molecule has 0 fully saturated rings. The monoisotopic (exact) mass is 372 g/mol. The van der Waals surface area contributed by atoms with Crippen molar-refractivity contribution in [3.63, 3.8) is 0 Å². The Morgan fingerprint density at radius 1 is 1.00 bits per heavy atom. The van der Waals surface area contributed by atoms with Crippen molar-refractivity contribution < 1.29 is 0 Å². The number of fused-ring (bicyclic) bond motifs is 3. The molecular weight excluding hydrogens is 356 g/mol. The lowest BCUT2D eigenvalue weighted by Gasteiger charge is -2.09. The van der Waals surface area contributed by atoms with Gasteiger partial charge in [-0.25, -0.2) is 9.20 Å². The number of halogens is 1. The van der Waals surface area contributed by atoms with E-state index in [1.807, 2.05) is 30.5 Å². The highest BCUT2D eigenvalue weighted by Crippen LogP contribution is 2.27. The third-order valence-electron chi connectivity index (χ3n) is 4.54. The molecule has 0 atom stereocenters. The first-order chi connectivity index (χ1) is 12.3. The smallest absolute Gasteiger partial charge is 0.300 e. The average Bonchev–Trinajstić information content (AvgIpc) is 3.16. The van der Waals surface area contributed by atoms with Crippen LogP contribution in [0, 0.1) is 0 Å². The number of rotatable bonds is 2. The summed E-state index contributed by atoms with van der Waals surface area (Å²) in [6.07, 6.45) is 0. The van der Waals surface area contributed by atoms with Gasteiger partial charge in [-0.2, -0.15) is 0 Å². The molecule has 3 aromatic heterocycles. The van der Waals surface area contributed by atoms with E-state index in [2.05, 4.69) is 10.2 Å². The van der Waals surface area contributed by atoms with Gasteiger partial charge in [-0.3, -0.25) is 18.5 Å². The lowest BCUT2D eigenvalue weighted by molar-refractivity contribution is 0.622. The van der Waals surface area contributed by atoms with Crippen LogP contribution in [0.3, 0.4) is 0 Å². The molecule has 8 nitrogen and oxygen atoms in total. The Labute approximate surface area is 152 Å². The molecule has 0 aliphatic heterocycles. The Balaban J connectivity index is 2.27. The maximum Gasteiger partial charge on any atom is 0.332 e. The first-order valence-electron chi connectivity index (χ1n) is 8.14. The van der Waals surface area contributed by atoms with Crippen LogP contribution in [-0.2, 0) is 14.1 Å². The summed E-state index contributed by atoms with van der Waals surface area (Å²) < 4.78 is 6.12. The second kappa shape index (κ2) is 5.57. The van der Waals surface area contributed by atoms with Gasteiger partial charge < -0.3 is 0 Å². The SMILES string of the molecule is CC(C)n1c2c(=O)n(C)c(=O)n(C)c2n2c(-c3ccc(Cl)cc3)nnc12. The maximum absolute atomic E-state index is 12.8. The molecule has 0 radical (unpaired) electrons. The lowest BCUT2D eigenvalue weighted by atomic mass is 10.2. The van der Waals surface area contributed by atoms with Gasteiger partial charge in [0.05, 0.1) is 0 Å². The number of hydrogen-bond acceptors (Lipinski definition) is 4. The lowest BCUT2D eigenvalue weighted by Crippen LogP contribution is -2.38. The van der Waals surface area contributed by atoms with Crippen LogP contribution in [0.1, 0.15) is 19.9 Å². The van der Waals surface area contributed by atoms with Crippen molar-refractivity contribution in [1.29, 1.82) is 0 Å². The third kappa shape index (κ3) is 2.08. The number of aryl methyl sites for hydroxylation is 1. The van der Waals surface area contributed by atoms with E-state index >= 15 is 0 Å². The van der Waals surface area contributed by atoms with Crippen molar-refractivity contribution in [2.45, 2.75) is 19.9 Å². The van der Waals surface area contributed by atoms with Crippen LogP contribution in [0.4, 0.5) is 0 Å². The summed E-state index contributed by atoms with van der Waals surface area (Å²) in [5.41, 5.74) is 0.921. The molecule has 0 N–H and O–H groups in total. The Morgan fingerprint density at radius 2 is 1.65 bits per heavy atom. The number of aromatic nitrogens is 6. The fraction of sp³-hybridized carbons (Fsp3) is 0.294. The van der Waals surface area contributed by atoms with E-state index in [9.17, 15) is 9.59 Å². The van der Waals surface area contributed by atoms with Gasteiger partial charge in [-0.15, -0.1) is 10.2 Å². The van der Waals surface area contributed by atoms with Gasteiger partial charge in [-0.1, -0.05) is 11.6 Å². The zero-order chi connectivity index (χ0) is 18.7. The molecular formula is C17H17ClN6O2. The molecule has 0 aliphatic carbocycles. The molecule has 0 aliphatic rings. The van der Waals surface area contributed by atoms with Crippen molar-refractivity contribution in [2.75, 3.05) is 0 Å². The molecule has 3 heterocycles. The Hall–Kier alpha value is -2.87. The molecule has 134 valence electrons. The molecule has 0 unspecified atom stereocenters. The molecule has 4 rings (SSSR count). The summed E-state index contributed by atoms with van der Waals surface area (Å²) in [7, 11) is 3.11. The van der Waals surface area contributed by atoms with Crippen molar-refractivity contribution in [2.24, 2.45) is 14.1 Å². The van der Waals surface area contributed by atoms with Crippen molar-refractivity contribution in [1.82, 2.24) is 28.3 Å². The summed E-state index contributed by atoms with van der Waals surface area (Å²) in [6, 6.07) is 7.14. The average molecular weight is 373 g/mol. The Kier molecular flexibility index (Phi) is 3.55. The predicted octanol–water partition coefficient (Wildman–Crippen LogP) is 1.98. The van der Waals surface area contributed by atoms with E-state index in [-0.39, 0.29) is 11.6 Å². The second-order valence-corrected chi connectivity index (χ2v) is 6.94. The van der Waals surface area contributed by atoms with Crippen LogP contribution in [0.15, 0.2) is 33.9 Å². The van der Waals surface area contributed by atoms with Crippen LogP contribution >= 0.6 is 11.6 Å². The van der Waals surface area contributed by atoms with E-state index in [4.69, 9.17) is 11.6 Å². The van der Waals surface area contributed by atoms with Crippen LogP contribution in [-0.4, -0.2) is 28.3 Å². The second-order valence-electron chi connectivity index (χ2n) is 6.51. The minimum atomic E-state index is -0.402. The topological polar surface area (TPSA) is 79.1 Å². The van der Waals surface area contributed by atoms with Gasteiger partial charge in [-0.05, 0) is 38.1 Å². The molecule has 0 saturated carbocycles. The predicted molar refractivity (Wildman–Crippen MR) is 99.8 cm³/mol. The molecule has 9 heteroatoms. The van der Waals surface area contributed by atoms with Crippen LogP contribution in [0.2, 0.25) is 5.02 Å². The fourth-order valence-corrected chi connectivity index (χ4v) is 3.41. The minimum Gasteiger partial charge on any atom is -0.300 e. The first kappa shape index (κ1) is 16.6.